The van der Waals surface area contributed by atoms with E-state index in [2.05, 4.69) is 20.6 Å². The summed E-state index contributed by atoms with van der Waals surface area (Å²) in [4.78, 5) is 24.1. The van der Waals surface area contributed by atoms with Crippen LogP contribution >= 0.6 is 22.7 Å². The number of carbonyl (C=O) groups excluding carboxylic acids is 1. The van der Waals surface area contributed by atoms with E-state index in [-0.39, 0.29) is 12.6 Å². The third-order valence-electron chi connectivity index (χ3n) is 4.35. The van der Waals surface area contributed by atoms with Gasteiger partial charge in [0.1, 0.15) is 11.0 Å². The van der Waals surface area contributed by atoms with E-state index in [1.165, 1.54) is 42.7 Å². The molecule has 0 spiro atoms. The summed E-state index contributed by atoms with van der Waals surface area (Å²) >= 11 is 2.93. The zero-order valence-corrected chi connectivity index (χ0v) is 19.1. The van der Waals surface area contributed by atoms with Crippen LogP contribution in [0.1, 0.15) is 38.1 Å². The number of thiazole rings is 1. The van der Waals surface area contributed by atoms with Crippen molar-refractivity contribution >= 4 is 44.5 Å². The van der Waals surface area contributed by atoms with Gasteiger partial charge in [-0.15, -0.1) is 11.3 Å². The van der Waals surface area contributed by atoms with Crippen LogP contribution in [0.3, 0.4) is 0 Å². The summed E-state index contributed by atoms with van der Waals surface area (Å²) in [6, 6.07) is 2.04. The van der Waals surface area contributed by atoms with E-state index in [0.29, 0.717) is 16.4 Å². The number of fused-ring (bicyclic) bond motifs is 1. The van der Waals surface area contributed by atoms with E-state index in [4.69, 9.17) is 4.74 Å². The Morgan fingerprint density at radius 1 is 1.27 bits per heavy atom. The lowest BCUT2D eigenvalue weighted by Crippen LogP contribution is -2.42. The second-order valence-electron chi connectivity index (χ2n) is 7.70. The third kappa shape index (κ3) is 4.88. The Morgan fingerprint density at radius 2 is 2.00 bits per heavy atom. The van der Waals surface area contributed by atoms with Gasteiger partial charge < -0.3 is 20.5 Å². The standard InChI is InChI=1S/C20H25FN4O3S2/c1-10(2)25-16-11-6-13(14-8-24-19(28-5)30-14)29-18(11)23-7-12(16)17(26)22-9-15(21)20(3,4)27/h6-8,10,15,27H,9H2,1-5H3,(H,22,26)(H,23,25)/t15-/m1/s1. The number of carbonyl (C=O) groups is 1. The average molecular weight is 453 g/mol. The van der Waals surface area contributed by atoms with E-state index in [9.17, 15) is 14.3 Å². The van der Waals surface area contributed by atoms with Crippen molar-refractivity contribution in [1.82, 2.24) is 15.3 Å². The number of anilines is 1. The molecule has 0 fully saturated rings. The van der Waals surface area contributed by atoms with Gasteiger partial charge in [-0.25, -0.2) is 14.4 Å². The molecule has 3 N–H and O–H groups in total. The number of amides is 1. The number of alkyl halides is 1. The Labute approximate surface area is 182 Å². The van der Waals surface area contributed by atoms with E-state index in [1.54, 1.807) is 13.3 Å². The van der Waals surface area contributed by atoms with Crippen molar-refractivity contribution in [3.05, 3.63) is 24.0 Å². The normalized spacial score (nSPS) is 12.9. The summed E-state index contributed by atoms with van der Waals surface area (Å²) in [5, 5.41) is 17.0. The number of thiophene rings is 1. The highest BCUT2D eigenvalue weighted by molar-refractivity contribution is 7.26. The number of hydrogen-bond acceptors (Lipinski definition) is 8. The predicted molar refractivity (Wildman–Crippen MR) is 120 cm³/mol. The monoisotopic (exact) mass is 452 g/mol. The lowest BCUT2D eigenvalue weighted by atomic mass is 10.0. The molecule has 0 aliphatic rings. The summed E-state index contributed by atoms with van der Waals surface area (Å²) in [6.45, 7) is 6.38. The molecular formula is C20H25FN4O3S2. The maximum Gasteiger partial charge on any atom is 0.273 e. The first kappa shape index (κ1) is 22.4. The summed E-state index contributed by atoms with van der Waals surface area (Å²) < 4.78 is 19.2. The molecule has 7 nitrogen and oxygen atoms in total. The lowest BCUT2D eigenvalue weighted by Gasteiger charge is -2.23. The largest absolute Gasteiger partial charge is 0.473 e. The summed E-state index contributed by atoms with van der Waals surface area (Å²) in [6.07, 6.45) is 1.65. The smallest absolute Gasteiger partial charge is 0.273 e. The average Bonchev–Trinajstić information content (AvgIpc) is 3.31. The molecule has 0 aliphatic heterocycles. The topological polar surface area (TPSA) is 96.4 Å². The van der Waals surface area contributed by atoms with Gasteiger partial charge in [-0.3, -0.25) is 4.79 Å². The Morgan fingerprint density at radius 3 is 2.60 bits per heavy atom. The Hall–Kier alpha value is -2.30. The van der Waals surface area contributed by atoms with Crippen LogP contribution in [0.5, 0.6) is 5.19 Å². The molecule has 3 aromatic rings. The summed E-state index contributed by atoms with van der Waals surface area (Å²) in [7, 11) is 1.57. The molecular weight excluding hydrogens is 427 g/mol. The van der Waals surface area contributed by atoms with Crippen LogP contribution in [-0.4, -0.2) is 52.5 Å². The maximum absolute atomic E-state index is 14.1. The molecule has 30 heavy (non-hydrogen) atoms. The van der Waals surface area contributed by atoms with Crippen LogP contribution in [-0.2, 0) is 0 Å². The van der Waals surface area contributed by atoms with Gasteiger partial charge in [-0.05, 0) is 33.8 Å². The van der Waals surface area contributed by atoms with Crippen LogP contribution in [0.4, 0.5) is 10.1 Å². The molecule has 1 amide bonds. The van der Waals surface area contributed by atoms with Gasteiger partial charge in [-0.2, -0.15) is 0 Å². The molecule has 0 radical (unpaired) electrons. The van der Waals surface area contributed by atoms with Crippen LogP contribution in [0.25, 0.3) is 20.0 Å². The number of rotatable bonds is 8. The second kappa shape index (κ2) is 8.83. The van der Waals surface area contributed by atoms with Gasteiger partial charge in [0.25, 0.3) is 11.1 Å². The van der Waals surface area contributed by atoms with Crippen molar-refractivity contribution in [2.75, 3.05) is 19.0 Å². The molecule has 0 bridgehead atoms. The first-order chi connectivity index (χ1) is 14.1. The van der Waals surface area contributed by atoms with Crippen molar-refractivity contribution in [3.8, 4) is 14.9 Å². The van der Waals surface area contributed by atoms with Gasteiger partial charge in [0, 0.05) is 22.5 Å². The van der Waals surface area contributed by atoms with E-state index in [1.807, 2.05) is 19.9 Å². The number of aromatic nitrogens is 2. The molecule has 10 heteroatoms. The number of pyridine rings is 1. The molecule has 3 aromatic heterocycles. The lowest BCUT2D eigenvalue weighted by molar-refractivity contribution is -0.00177. The van der Waals surface area contributed by atoms with Crippen molar-refractivity contribution in [2.24, 2.45) is 0 Å². The SMILES string of the molecule is COc1ncc(-c2cc3c(NC(C)C)c(C(=O)NC[C@@H](F)C(C)(C)O)cnc3s2)s1. The molecule has 162 valence electrons. The fraction of sp³-hybridized carbons (Fsp3) is 0.450. The molecule has 0 aliphatic carbocycles. The number of ether oxygens (including phenoxy) is 1. The van der Waals surface area contributed by atoms with Gasteiger partial charge >= 0.3 is 0 Å². The van der Waals surface area contributed by atoms with Crippen LogP contribution in [0, 0.1) is 0 Å². The minimum Gasteiger partial charge on any atom is -0.473 e. The van der Waals surface area contributed by atoms with Crippen LogP contribution in [0.15, 0.2) is 18.5 Å². The number of halogens is 1. The minimum atomic E-state index is -1.59. The summed E-state index contributed by atoms with van der Waals surface area (Å²) in [5.74, 6) is -0.452. The van der Waals surface area contributed by atoms with E-state index < -0.39 is 17.7 Å². The highest BCUT2D eigenvalue weighted by Gasteiger charge is 2.27. The van der Waals surface area contributed by atoms with Crippen molar-refractivity contribution in [2.45, 2.75) is 45.5 Å². The molecule has 0 saturated heterocycles. The van der Waals surface area contributed by atoms with Crippen molar-refractivity contribution in [3.63, 3.8) is 0 Å². The van der Waals surface area contributed by atoms with Gasteiger partial charge in [0.2, 0.25) is 0 Å². The number of hydrogen-bond donors (Lipinski definition) is 3. The van der Waals surface area contributed by atoms with E-state index in [0.717, 1.165) is 20.0 Å². The quantitative estimate of drug-likeness (QED) is 0.476. The molecule has 0 unspecified atom stereocenters. The summed E-state index contributed by atoms with van der Waals surface area (Å²) in [5.41, 5.74) is -0.567. The molecule has 0 aromatic carbocycles. The zero-order chi connectivity index (χ0) is 22.1. The number of methoxy groups -OCH3 is 1. The zero-order valence-electron chi connectivity index (χ0n) is 17.4. The van der Waals surface area contributed by atoms with Gasteiger partial charge in [0.15, 0.2) is 0 Å². The minimum absolute atomic E-state index is 0.0688. The Bertz CT molecular complexity index is 1040. The van der Waals surface area contributed by atoms with Crippen LogP contribution < -0.4 is 15.4 Å². The Balaban J connectivity index is 1.96. The number of nitrogens with zero attached hydrogens (tertiary/aromatic N) is 2. The number of aliphatic hydroxyl groups is 1. The highest BCUT2D eigenvalue weighted by atomic mass is 32.1. The molecule has 1 atom stereocenters. The van der Waals surface area contributed by atoms with Crippen molar-refractivity contribution < 1.29 is 19.0 Å². The number of nitrogens with one attached hydrogen (secondary N) is 2. The molecule has 3 heterocycles. The first-order valence-corrected chi connectivity index (χ1v) is 11.1. The Kier molecular flexibility index (Phi) is 6.59. The van der Waals surface area contributed by atoms with Gasteiger partial charge in [0.05, 0.1) is 41.6 Å². The van der Waals surface area contributed by atoms with Crippen molar-refractivity contribution in [1.29, 1.82) is 0 Å². The molecule has 0 saturated carbocycles. The predicted octanol–water partition coefficient (Wildman–Crippen LogP) is 4.09. The first-order valence-electron chi connectivity index (χ1n) is 9.44. The maximum atomic E-state index is 14.1. The van der Waals surface area contributed by atoms with Gasteiger partial charge in [-0.1, -0.05) is 11.3 Å². The van der Waals surface area contributed by atoms with E-state index >= 15 is 0 Å². The highest BCUT2D eigenvalue weighted by Crippen LogP contribution is 2.40. The molecule has 3 rings (SSSR count). The second-order valence-corrected chi connectivity index (χ2v) is 9.72. The third-order valence-corrected chi connectivity index (χ3v) is 6.55. The van der Waals surface area contributed by atoms with Crippen LogP contribution in [0.2, 0.25) is 0 Å². The fourth-order valence-corrected chi connectivity index (χ4v) is 4.53. The fourth-order valence-electron chi connectivity index (χ4n) is 2.72.